The zero-order valence-electron chi connectivity index (χ0n) is 9.78. The number of nitrogens with one attached hydrogen (secondary N) is 2. The molecule has 0 saturated heterocycles. The molecule has 96 valence electrons. The first-order valence-corrected chi connectivity index (χ1v) is 7.33. The summed E-state index contributed by atoms with van der Waals surface area (Å²) in [5, 5.41) is 2.86. The number of halogens is 1. The molecule has 0 aromatic carbocycles. The third-order valence-corrected chi connectivity index (χ3v) is 4.17. The molecule has 0 bridgehead atoms. The van der Waals surface area contributed by atoms with Crippen LogP contribution in [0.3, 0.4) is 0 Å². The smallest absolute Gasteiger partial charge is 0.220 e. The first-order chi connectivity index (χ1) is 8.74. The van der Waals surface area contributed by atoms with Gasteiger partial charge < -0.3 is 10.3 Å². The Morgan fingerprint density at radius 1 is 1.50 bits per heavy atom. The van der Waals surface area contributed by atoms with E-state index in [0.29, 0.717) is 13.0 Å². The summed E-state index contributed by atoms with van der Waals surface area (Å²) in [7, 11) is 0. The van der Waals surface area contributed by atoms with E-state index in [-0.39, 0.29) is 5.91 Å². The molecule has 0 spiro atoms. The van der Waals surface area contributed by atoms with Crippen LogP contribution in [0, 0.1) is 0 Å². The first kappa shape index (κ1) is 13.3. The average Bonchev–Trinajstić information content (AvgIpc) is 2.98. The second-order valence-electron chi connectivity index (χ2n) is 3.91. The van der Waals surface area contributed by atoms with Crippen LogP contribution in [0.1, 0.15) is 23.4 Å². The van der Waals surface area contributed by atoms with Crippen LogP contribution in [-0.2, 0) is 17.8 Å². The largest absolute Gasteiger partial charge is 0.350 e. The Hall–Kier alpha value is -1.14. The Labute approximate surface area is 118 Å². The van der Waals surface area contributed by atoms with E-state index in [1.165, 1.54) is 4.88 Å². The van der Waals surface area contributed by atoms with Crippen LogP contribution in [0.2, 0.25) is 0 Å². The summed E-state index contributed by atoms with van der Waals surface area (Å²) in [5.41, 5.74) is 0.922. The van der Waals surface area contributed by atoms with E-state index in [4.69, 9.17) is 0 Å². The summed E-state index contributed by atoms with van der Waals surface area (Å²) in [5.74, 6) is 0.0835. The molecule has 6 heteroatoms. The van der Waals surface area contributed by atoms with Gasteiger partial charge in [0.1, 0.15) is 0 Å². The normalized spacial score (nSPS) is 10.5. The molecule has 0 aliphatic rings. The predicted molar refractivity (Wildman–Crippen MR) is 75.4 cm³/mol. The molecule has 4 nitrogen and oxygen atoms in total. The van der Waals surface area contributed by atoms with Crippen molar-refractivity contribution in [3.05, 3.63) is 39.0 Å². The van der Waals surface area contributed by atoms with Gasteiger partial charge in [0.05, 0.1) is 22.4 Å². The molecule has 0 aliphatic heterocycles. The van der Waals surface area contributed by atoms with Crippen molar-refractivity contribution < 1.29 is 4.79 Å². The molecule has 2 heterocycles. The van der Waals surface area contributed by atoms with Gasteiger partial charge in [0, 0.05) is 17.5 Å². The lowest BCUT2D eigenvalue weighted by atomic mass is 10.2. The molecule has 0 atom stereocenters. The molecule has 0 radical (unpaired) electrons. The van der Waals surface area contributed by atoms with Gasteiger partial charge >= 0.3 is 0 Å². The first-order valence-electron chi connectivity index (χ1n) is 5.72. The Balaban J connectivity index is 1.63. The lowest BCUT2D eigenvalue weighted by Crippen LogP contribution is -2.22. The van der Waals surface area contributed by atoms with Crippen molar-refractivity contribution in [1.82, 2.24) is 15.3 Å². The molecule has 2 aromatic heterocycles. The summed E-state index contributed by atoms with van der Waals surface area (Å²) in [4.78, 5) is 19.7. The fourth-order valence-electron chi connectivity index (χ4n) is 1.57. The van der Waals surface area contributed by atoms with E-state index in [0.717, 1.165) is 22.3 Å². The monoisotopic (exact) mass is 327 g/mol. The highest BCUT2D eigenvalue weighted by Gasteiger charge is 2.03. The summed E-state index contributed by atoms with van der Waals surface area (Å²) < 4.78 is 1.14. The number of imidazole rings is 1. The molecule has 1 amide bonds. The van der Waals surface area contributed by atoms with Gasteiger partial charge in [-0.25, -0.2) is 4.98 Å². The van der Waals surface area contributed by atoms with E-state index in [1.807, 2.05) is 6.07 Å². The number of rotatable bonds is 6. The van der Waals surface area contributed by atoms with E-state index >= 15 is 0 Å². The number of amides is 1. The minimum Gasteiger partial charge on any atom is -0.350 e. The SMILES string of the molecule is O=C(CCCc1ccc(Br)s1)NCc1cnc[nH]1. The molecular weight excluding hydrogens is 314 g/mol. The zero-order chi connectivity index (χ0) is 12.8. The molecule has 18 heavy (non-hydrogen) atoms. The highest BCUT2D eigenvalue weighted by Crippen LogP contribution is 2.23. The number of hydrogen-bond donors (Lipinski definition) is 2. The van der Waals surface area contributed by atoms with Crippen molar-refractivity contribution in [2.75, 3.05) is 0 Å². The molecule has 2 rings (SSSR count). The van der Waals surface area contributed by atoms with Gasteiger partial charge in [-0.15, -0.1) is 11.3 Å². The highest BCUT2D eigenvalue weighted by atomic mass is 79.9. The number of H-pyrrole nitrogens is 1. The summed E-state index contributed by atoms with van der Waals surface area (Å²) in [6, 6.07) is 4.13. The third kappa shape index (κ3) is 4.27. The Bertz CT molecular complexity index is 495. The van der Waals surface area contributed by atoms with Gasteiger partial charge in [-0.2, -0.15) is 0 Å². The summed E-state index contributed by atoms with van der Waals surface area (Å²) in [6.07, 6.45) is 5.71. The number of thiophene rings is 1. The van der Waals surface area contributed by atoms with Crippen molar-refractivity contribution in [2.24, 2.45) is 0 Å². The minimum absolute atomic E-state index is 0.0835. The van der Waals surface area contributed by atoms with Gasteiger partial charge in [0.15, 0.2) is 0 Å². The standard InChI is InChI=1S/C12H14BrN3OS/c13-11-5-4-10(18-11)2-1-3-12(17)15-7-9-6-14-8-16-9/h4-6,8H,1-3,7H2,(H,14,16)(H,15,17). The van der Waals surface area contributed by atoms with Crippen molar-refractivity contribution in [2.45, 2.75) is 25.8 Å². The second-order valence-corrected chi connectivity index (χ2v) is 6.46. The van der Waals surface area contributed by atoms with Crippen LogP contribution >= 0.6 is 27.3 Å². The number of carbonyl (C=O) groups is 1. The Morgan fingerprint density at radius 3 is 3.06 bits per heavy atom. The lowest BCUT2D eigenvalue weighted by Gasteiger charge is -2.02. The van der Waals surface area contributed by atoms with Crippen LogP contribution in [0.5, 0.6) is 0 Å². The maximum atomic E-state index is 11.6. The van der Waals surface area contributed by atoms with Crippen molar-refractivity contribution in [1.29, 1.82) is 0 Å². The molecule has 0 fully saturated rings. The van der Waals surface area contributed by atoms with E-state index in [1.54, 1.807) is 23.9 Å². The lowest BCUT2D eigenvalue weighted by molar-refractivity contribution is -0.121. The van der Waals surface area contributed by atoms with E-state index in [9.17, 15) is 4.79 Å². The summed E-state index contributed by atoms with van der Waals surface area (Å²) in [6.45, 7) is 0.517. The maximum Gasteiger partial charge on any atom is 0.220 e. The van der Waals surface area contributed by atoms with Crippen LogP contribution in [0.15, 0.2) is 28.4 Å². The third-order valence-electron chi connectivity index (χ3n) is 2.49. The average molecular weight is 328 g/mol. The van der Waals surface area contributed by atoms with Crippen molar-refractivity contribution in [3.63, 3.8) is 0 Å². The van der Waals surface area contributed by atoms with Gasteiger partial charge in [-0.05, 0) is 40.9 Å². The fourth-order valence-corrected chi connectivity index (χ4v) is 3.10. The van der Waals surface area contributed by atoms with E-state index < -0.39 is 0 Å². The number of aromatic amines is 1. The second kappa shape index (κ2) is 6.70. The highest BCUT2D eigenvalue weighted by molar-refractivity contribution is 9.11. The van der Waals surface area contributed by atoms with Crippen LogP contribution < -0.4 is 5.32 Å². The van der Waals surface area contributed by atoms with E-state index in [2.05, 4.69) is 37.3 Å². The number of carbonyl (C=O) groups excluding carboxylic acids is 1. The van der Waals surface area contributed by atoms with Gasteiger partial charge in [0.2, 0.25) is 5.91 Å². The molecule has 2 aromatic rings. The summed E-state index contributed by atoms with van der Waals surface area (Å²) >= 11 is 5.15. The van der Waals surface area contributed by atoms with Crippen LogP contribution in [0.4, 0.5) is 0 Å². The zero-order valence-corrected chi connectivity index (χ0v) is 12.2. The van der Waals surface area contributed by atoms with Crippen LogP contribution in [-0.4, -0.2) is 15.9 Å². The van der Waals surface area contributed by atoms with Crippen molar-refractivity contribution in [3.8, 4) is 0 Å². The number of aromatic nitrogens is 2. The van der Waals surface area contributed by atoms with Gasteiger partial charge in [0.25, 0.3) is 0 Å². The number of aryl methyl sites for hydroxylation is 1. The molecule has 0 unspecified atom stereocenters. The van der Waals surface area contributed by atoms with Gasteiger partial charge in [-0.1, -0.05) is 0 Å². The fraction of sp³-hybridized carbons (Fsp3) is 0.333. The van der Waals surface area contributed by atoms with Crippen LogP contribution in [0.25, 0.3) is 0 Å². The topological polar surface area (TPSA) is 57.8 Å². The predicted octanol–water partition coefficient (Wildman–Crippen LogP) is 2.87. The number of nitrogens with zero attached hydrogens (tertiary/aromatic N) is 1. The molecule has 0 aliphatic carbocycles. The molecule has 2 N–H and O–H groups in total. The molecular formula is C12H14BrN3OS. The quantitative estimate of drug-likeness (QED) is 0.857. The van der Waals surface area contributed by atoms with Crippen molar-refractivity contribution >= 4 is 33.2 Å². The molecule has 0 saturated carbocycles. The Morgan fingerprint density at radius 2 is 2.39 bits per heavy atom. The minimum atomic E-state index is 0.0835. The number of hydrogen-bond acceptors (Lipinski definition) is 3. The maximum absolute atomic E-state index is 11.6. The Kier molecular flexibility index (Phi) is 4.95. The van der Waals surface area contributed by atoms with Gasteiger partial charge in [-0.3, -0.25) is 4.79 Å².